The number of aromatic nitrogens is 1. The first-order valence-corrected chi connectivity index (χ1v) is 7.88. The third-order valence-corrected chi connectivity index (χ3v) is 4.81. The van der Waals surface area contributed by atoms with E-state index in [1.54, 1.807) is 19.5 Å². The molecule has 0 aliphatic carbocycles. The topological polar surface area (TPSA) is 82.5 Å². The Kier molecular flexibility index (Phi) is 4.59. The van der Waals surface area contributed by atoms with Crippen molar-refractivity contribution < 1.29 is 14.7 Å². The number of nitrogens with one attached hydrogen (secondary N) is 1. The molecule has 0 saturated heterocycles. The smallest absolute Gasteiger partial charge is 0.338 e. The first kappa shape index (κ1) is 15.5. The van der Waals surface area contributed by atoms with Crippen LogP contribution in [0.5, 0.6) is 0 Å². The Labute approximate surface area is 130 Å². The lowest BCUT2D eigenvalue weighted by molar-refractivity contribution is 0.0697. The second-order valence-electron chi connectivity index (χ2n) is 4.56. The average Bonchev–Trinajstić information content (AvgIpc) is 2.99. The number of thiophene rings is 1. The number of thiazole rings is 1. The Bertz CT molecular complexity index is 665. The van der Waals surface area contributed by atoms with Crippen molar-refractivity contribution >= 4 is 39.7 Å². The number of carboxylic acids is 1. The van der Waals surface area contributed by atoms with Crippen molar-refractivity contribution in [1.29, 1.82) is 0 Å². The van der Waals surface area contributed by atoms with E-state index < -0.39 is 5.97 Å². The van der Waals surface area contributed by atoms with E-state index in [-0.39, 0.29) is 11.6 Å². The molecule has 6 nitrogen and oxygen atoms in total. The number of hydrogen-bond acceptors (Lipinski definition) is 5. The van der Waals surface area contributed by atoms with Gasteiger partial charge in [-0.3, -0.25) is 5.32 Å². The molecule has 0 spiro atoms. The molecule has 0 aliphatic rings. The summed E-state index contributed by atoms with van der Waals surface area (Å²) in [4.78, 5) is 29.9. The van der Waals surface area contributed by atoms with Crippen LogP contribution in [0, 0.1) is 13.8 Å². The van der Waals surface area contributed by atoms with E-state index in [2.05, 4.69) is 10.3 Å². The number of carbonyl (C=O) groups is 2. The Hall–Kier alpha value is -1.93. The number of carbonyl (C=O) groups excluding carboxylic acids is 1. The van der Waals surface area contributed by atoms with Gasteiger partial charge < -0.3 is 10.0 Å². The number of rotatable bonds is 4. The quantitative estimate of drug-likeness (QED) is 0.904. The van der Waals surface area contributed by atoms with Crippen molar-refractivity contribution in [2.45, 2.75) is 20.4 Å². The Morgan fingerprint density at radius 2 is 2.14 bits per heavy atom. The lowest BCUT2D eigenvalue weighted by Crippen LogP contribution is -2.31. The summed E-state index contributed by atoms with van der Waals surface area (Å²) in [5.41, 5.74) is 3.35. The van der Waals surface area contributed by atoms with Crippen molar-refractivity contribution in [3.05, 3.63) is 32.6 Å². The summed E-state index contributed by atoms with van der Waals surface area (Å²) in [5.74, 6) is -1.03. The van der Waals surface area contributed by atoms with Gasteiger partial charge in [0, 0.05) is 17.3 Å². The highest BCUT2D eigenvalue weighted by Gasteiger charge is 2.21. The van der Waals surface area contributed by atoms with Gasteiger partial charge in [0.05, 0.1) is 23.3 Å². The lowest BCUT2D eigenvalue weighted by atomic mass is 10.1. The number of carboxylic acid groups (broad SMARTS) is 1. The number of nitrogens with zero attached hydrogens (tertiary/aromatic N) is 2. The maximum Gasteiger partial charge on any atom is 0.338 e. The van der Waals surface area contributed by atoms with Crippen LogP contribution in [-0.2, 0) is 6.54 Å². The van der Waals surface area contributed by atoms with Gasteiger partial charge in [0.1, 0.15) is 5.00 Å². The van der Waals surface area contributed by atoms with Crippen molar-refractivity contribution in [2.24, 2.45) is 0 Å². The molecule has 2 amide bonds. The van der Waals surface area contributed by atoms with Gasteiger partial charge in [-0.1, -0.05) is 0 Å². The normalized spacial score (nSPS) is 10.4. The minimum atomic E-state index is -1.03. The van der Waals surface area contributed by atoms with Crippen LogP contribution in [0.3, 0.4) is 0 Å². The van der Waals surface area contributed by atoms with Crippen LogP contribution in [0.2, 0.25) is 0 Å². The molecular formula is C13H15N3O3S2. The van der Waals surface area contributed by atoms with E-state index in [9.17, 15) is 14.7 Å². The Morgan fingerprint density at radius 1 is 1.43 bits per heavy atom. The third kappa shape index (κ3) is 3.40. The number of aryl methyl sites for hydroxylation is 1. The Morgan fingerprint density at radius 3 is 2.71 bits per heavy atom. The summed E-state index contributed by atoms with van der Waals surface area (Å²) in [6.07, 6.45) is 0. The van der Waals surface area contributed by atoms with Gasteiger partial charge in [0.2, 0.25) is 0 Å². The first-order chi connectivity index (χ1) is 9.90. The maximum atomic E-state index is 12.1. The largest absolute Gasteiger partial charge is 0.478 e. The van der Waals surface area contributed by atoms with Gasteiger partial charge in [0.25, 0.3) is 0 Å². The molecule has 2 heterocycles. The minimum absolute atomic E-state index is 0.160. The highest BCUT2D eigenvalue weighted by atomic mass is 32.1. The molecule has 2 N–H and O–H groups in total. The number of amides is 2. The molecule has 0 saturated carbocycles. The maximum absolute atomic E-state index is 12.1. The van der Waals surface area contributed by atoms with Crippen LogP contribution in [0.1, 0.15) is 26.5 Å². The highest BCUT2D eigenvalue weighted by molar-refractivity contribution is 7.16. The fourth-order valence-corrected chi connectivity index (χ4v) is 3.39. The first-order valence-electron chi connectivity index (χ1n) is 6.12. The van der Waals surface area contributed by atoms with Gasteiger partial charge in [-0.25, -0.2) is 14.6 Å². The second-order valence-corrected chi connectivity index (χ2v) is 6.50. The van der Waals surface area contributed by atoms with Gasteiger partial charge in [0.15, 0.2) is 0 Å². The molecule has 0 atom stereocenters. The van der Waals surface area contributed by atoms with Crippen molar-refractivity contribution in [3.8, 4) is 0 Å². The molecule has 8 heteroatoms. The summed E-state index contributed by atoms with van der Waals surface area (Å²) >= 11 is 2.73. The van der Waals surface area contributed by atoms with E-state index in [1.165, 1.54) is 27.6 Å². The van der Waals surface area contributed by atoms with Crippen LogP contribution in [0.15, 0.2) is 10.9 Å². The molecule has 2 aromatic heterocycles. The average molecular weight is 325 g/mol. The molecule has 0 fully saturated rings. The number of urea groups is 1. The highest BCUT2D eigenvalue weighted by Crippen LogP contribution is 2.32. The summed E-state index contributed by atoms with van der Waals surface area (Å²) < 4.78 is 0. The minimum Gasteiger partial charge on any atom is -0.478 e. The molecule has 0 aromatic carbocycles. The van der Waals surface area contributed by atoms with E-state index in [4.69, 9.17) is 0 Å². The molecule has 0 aliphatic heterocycles. The van der Waals surface area contributed by atoms with E-state index in [0.717, 1.165) is 10.6 Å². The van der Waals surface area contributed by atoms with E-state index >= 15 is 0 Å². The number of aromatic carboxylic acids is 1. The van der Waals surface area contributed by atoms with Crippen molar-refractivity contribution in [3.63, 3.8) is 0 Å². The van der Waals surface area contributed by atoms with Gasteiger partial charge >= 0.3 is 12.0 Å². The zero-order valence-electron chi connectivity index (χ0n) is 11.8. The van der Waals surface area contributed by atoms with Crippen LogP contribution >= 0.6 is 22.7 Å². The molecule has 0 radical (unpaired) electrons. The molecule has 0 bridgehead atoms. The van der Waals surface area contributed by atoms with Crippen LogP contribution in [-0.4, -0.2) is 34.0 Å². The summed E-state index contributed by atoms with van der Waals surface area (Å²) in [7, 11) is 1.64. The zero-order chi connectivity index (χ0) is 15.6. The summed E-state index contributed by atoms with van der Waals surface area (Å²) in [6, 6.07) is -0.355. The SMILES string of the molecule is Cc1sc(NC(=O)N(C)Cc2cscn2)c(C(=O)O)c1C. The Balaban J connectivity index is 2.12. The van der Waals surface area contributed by atoms with Gasteiger partial charge in [-0.2, -0.15) is 0 Å². The second kappa shape index (κ2) is 6.23. The van der Waals surface area contributed by atoms with Crippen LogP contribution in [0.25, 0.3) is 0 Å². The molecule has 2 aromatic rings. The third-order valence-electron chi connectivity index (χ3n) is 3.05. The van der Waals surface area contributed by atoms with Gasteiger partial charge in [-0.15, -0.1) is 22.7 Å². The molecule has 2 rings (SSSR count). The van der Waals surface area contributed by atoms with E-state index in [1.807, 2.05) is 12.3 Å². The molecule has 112 valence electrons. The summed E-state index contributed by atoms with van der Waals surface area (Å²) in [5, 5.41) is 14.2. The number of hydrogen-bond donors (Lipinski definition) is 2. The van der Waals surface area contributed by atoms with Crippen LogP contribution in [0.4, 0.5) is 9.80 Å². The van der Waals surface area contributed by atoms with Gasteiger partial charge in [-0.05, 0) is 19.4 Å². The molecular weight excluding hydrogens is 310 g/mol. The van der Waals surface area contributed by atoms with E-state index in [0.29, 0.717) is 17.1 Å². The van der Waals surface area contributed by atoms with Crippen molar-refractivity contribution in [1.82, 2.24) is 9.88 Å². The molecule has 21 heavy (non-hydrogen) atoms. The lowest BCUT2D eigenvalue weighted by Gasteiger charge is -2.16. The fraction of sp³-hybridized carbons (Fsp3) is 0.308. The molecule has 0 unspecified atom stereocenters. The van der Waals surface area contributed by atoms with Crippen molar-refractivity contribution in [2.75, 3.05) is 12.4 Å². The predicted molar refractivity (Wildman–Crippen MR) is 83.4 cm³/mol. The fourth-order valence-electron chi connectivity index (χ4n) is 1.80. The van der Waals surface area contributed by atoms with Crippen LogP contribution < -0.4 is 5.32 Å². The monoisotopic (exact) mass is 325 g/mol. The predicted octanol–water partition coefficient (Wildman–Crippen LogP) is 3.18. The standard InChI is InChI=1S/C13H15N3O3S2/c1-7-8(2)21-11(10(7)12(17)18)15-13(19)16(3)4-9-5-20-6-14-9/h5-6H,4H2,1-3H3,(H,15,19)(H,17,18). The zero-order valence-corrected chi connectivity index (χ0v) is 13.5. The summed E-state index contributed by atoms with van der Waals surface area (Å²) in [6.45, 7) is 3.95. The number of anilines is 1.